The van der Waals surface area contributed by atoms with Gasteiger partial charge in [-0.1, -0.05) is 6.92 Å². The summed E-state index contributed by atoms with van der Waals surface area (Å²) in [5.41, 5.74) is 0. The summed E-state index contributed by atoms with van der Waals surface area (Å²) in [5.74, 6) is 0.939. The third kappa shape index (κ3) is 2.12. The molecule has 2 rings (SSSR count). The summed E-state index contributed by atoms with van der Waals surface area (Å²) in [6.45, 7) is 7.62. The lowest BCUT2D eigenvalue weighted by Crippen LogP contribution is -2.43. The van der Waals surface area contributed by atoms with Gasteiger partial charge in [0.1, 0.15) is 0 Å². The zero-order valence-electron chi connectivity index (χ0n) is 9.77. The van der Waals surface area contributed by atoms with E-state index in [9.17, 15) is 0 Å². The maximum Gasteiger partial charge on any atom is 0.225 e. The number of aromatic nitrogens is 3. The van der Waals surface area contributed by atoms with E-state index in [-0.39, 0.29) is 0 Å². The number of H-pyrrole nitrogens is 1. The summed E-state index contributed by atoms with van der Waals surface area (Å²) in [4.78, 5) is 2.24. The minimum Gasteiger partial charge on any atom is -0.375 e. The minimum absolute atomic E-state index is 0.310. The summed E-state index contributed by atoms with van der Waals surface area (Å²) in [6, 6.07) is 0. The number of ether oxygens (including phenoxy) is 1. The molecule has 2 heterocycles. The number of hydrogen-bond donors (Lipinski definition) is 1. The van der Waals surface area contributed by atoms with E-state index in [0.717, 1.165) is 38.6 Å². The molecule has 1 aromatic rings. The molecule has 6 heteroatoms. The molecule has 1 aliphatic rings. The molecule has 1 unspecified atom stereocenters. The first-order valence-corrected chi connectivity index (χ1v) is 6.18. The molecular formula is C10H18N4OS. The topological polar surface area (TPSA) is 46.1 Å². The van der Waals surface area contributed by atoms with Gasteiger partial charge in [0.2, 0.25) is 5.95 Å². The van der Waals surface area contributed by atoms with Crippen LogP contribution in [0.15, 0.2) is 0 Å². The molecule has 0 radical (unpaired) electrons. The average Bonchev–Trinajstić information content (AvgIpc) is 2.70. The van der Waals surface area contributed by atoms with E-state index in [0.29, 0.717) is 10.9 Å². The smallest absolute Gasteiger partial charge is 0.225 e. The maximum absolute atomic E-state index is 5.64. The number of nitrogens with zero attached hydrogens (tertiary/aromatic N) is 3. The highest BCUT2D eigenvalue weighted by molar-refractivity contribution is 7.71. The van der Waals surface area contributed by atoms with Gasteiger partial charge < -0.3 is 9.64 Å². The van der Waals surface area contributed by atoms with Crippen molar-refractivity contribution in [2.75, 3.05) is 24.6 Å². The van der Waals surface area contributed by atoms with E-state index in [4.69, 9.17) is 17.0 Å². The van der Waals surface area contributed by atoms with Crippen LogP contribution >= 0.6 is 12.2 Å². The van der Waals surface area contributed by atoms with Crippen molar-refractivity contribution in [2.24, 2.45) is 0 Å². The second-order valence-electron chi connectivity index (χ2n) is 3.92. The lowest BCUT2D eigenvalue weighted by atomic mass is 10.2. The Morgan fingerprint density at radius 2 is 2.38 bits per heavy atom. The predicted octanol–water partition coefficient (Wildman–Crippen LogP) is 1.58. The number of anilines is 1. The van der Waals surface area contributed by atoms with Gasteiger partial charge in [0, 0.05) is 19.6 Å². The normalized spacial score (nSPS) is 21.4. The minimum atomic E-state index is 0.310. The van der Waals surface area contributed by atoms with Gasteiger partial charge in [0.25, 0.3) is 0 Å². The van der Waals surface area contributed by atoms with E-state index in [1.54, 1.807) is 0 Å². The Kier molecular flexibility index (Phi) is 3.60. The molecular weight excluding hydrogens is 224 g/mol. The summed E-state index contributed by atoms with van der Waals surface area (Å²) in [7, 11) is 0. The Morgan fingerprint density at radius 3 is 3.06 bits per heavy atom. The number of rotatable bonds is 3. The van der Waals surface area contributed by atoms with Crippen LogP contribution in [0.1, 0.15) is 20.3 Å². The third-order valence-electron chi connectivity index (χ3n) is 2.93. The van der Waals surface area contributed by atoms with Crippen LogP contribution < -0.4 is 4.90 Å². The number of nitrogens with one attached hydrogen (secondary N) is 1. The fraction of sp³-hybridized carbons (Fsp3) is 0.800. The highest BCUT2D eigenvalue weighted by Gasteiger charge is 2.22. The van der Waals surface area contributed by atoms with Crippen LogP contribution in [0.25, 0.3) is 0 Å². The number of morpholine rings is 1. The van der Waals surface area contributed by atoms with Crippen molar-refractivity contribution in [3.63, 3.8) is 0 Å². The molecule has 0 bridgehead atoms. The van der Waals surface area contributed by atoms with Crippen molar-refractivity contribution in [3.8, 4) is 0 Å². The average molecular weight is 242 g/mol. The van der Waals surface area contributed by atoms with Gasteiger partial charge in [-0.15, -0.1) is 5.10 Å². The van der Waals surface area contributed by atoms with Gasteiger partial charge in [-0.3, -0.25) is 4.57 Å². The van der Waals surface area contributed by atoms with Crippen LogP contribution in [0.3, 0.4) is 0 Å². The van der Waals surface area contributed by atoms with Gasteiger partial charge in [-0.2, -0.15) is 0 Å². The van der Waals surface area contributed by atoms with Crippen LogP contribution in [-0.2, 0) is 11.3 Å². The molecule has 1 saturated heterocycles. The first-order valence-electron chi connectivity index (χ1n) is 5.78. The summed E-state index contributed by atoms with van der Waals surface area (Å²) in [5, 5.41) is 7.15. The van der Waals surface area contributed by atoms with Gasteiger partial charge in [-0.05, 0) is 25.6 Å². The molecule has 0 aliphatic carbocycles. The zero-order chi connectivity index (χ0) is 11.5. The largest absolute Gasteiger partial charge is 0.375 e. The van der Waals surface area contributed by atoms with Crippen LogP contribution in [0.4, 0.5) is 5.95 Å². The van der Waals surface area contributed by atoms with Gasteiger partial charge >= 0.3 is 0 Å². The molecule has 90 valence electrons. The van der Waals surface area contributed by atoms with E-state index >= 15 is 0 Å². The summed E-state index contributed by atoms with van der Waals surface area (Å²) < 4.78 is 8.36. The second kappa shape index (κ2) is 4.97. The quantitative estimate of drug-likeness (QED) is 0.817. The van der Waals surface area contributed by atoms with Crippen LogP contribution in [-0.4, -0.2) is 40.6 Å². The van der Waals surface area contributed by atoms with Gasteiger partial charge in [0.15, 0.2) is 4.77 Å². The Morgan fingerprint density at radius 1 is 1.56 bits per heavy atom. The van der Waals surface area contributed by atoms with Gasteiger partial charge in [-0.25, -0.2) is 5.10 Å². The predicted molar refractivity (Wildman–Crippen MR) is 65.3 cm³/mol. The second-order valence-corrected chi connectivity index (χ2v) is 4.31. The molecule has 0 spiro atoms. The number of hydrogen-bond acceptors (Lipinski definition) is 4. The van der Waals surface area contributed by atoms with E-state index < -0.39 is 0 Å². The van der Waals surface area contributed by atoms with Crippen molar-refractivity contribution in [1.29, 1.82) is 0 Å². The van der Waals surface area contributed by atoms with E-state index in [2.05, 4.69) is 28.9 Å². The van der Waals surface area contributed by atoms with Crippen molar-refractivity contribution >= 4 is 18.2 Å². The van der Waals surface area contributed by atoms with E-state index in [1.165, 1.54) is 0 Å². The fourth-order valence-electron chi connectivity index (χ4n) is 1.98. The number of aromatic amines is 1. The molecule has 1 fully saturated rings. The first-order chi connectivity index (χ1) is 7.76. The van der Waals surface area contributed by atoms with Crippen molar-refractivity contribution in [2.45, 2.75) is 32.9 Å². The monoisotopic (exact) mass is 242 g/mol. The zero-order valence-corrected chi connectivity index (χ0v) is 10.6. The van der Waals surface area contributed by atoms with Crippen molar-refractivity contribution in [3.05, 3.63) is 4.77 Å². The molecule has 1 aliphatic heterocycles. The van der Waals surface area contributed by atoms with Crippen LogP contribution in [0.5, 0.6) is 0 Å². The highest BCUT2D eigenvalue weighted by Crippen LogP contribution is 2.16. The molecule has 0 aromatic carbocycles. The highest BCUT2D eigenvalue weighted by atomic mass is 32.1. The lowest BCUT2D eigenvalue weighted by molar-refractivity contribution is 0.0376. The van der Waals surface area contributed by atoms with E-state index in [1.807, 2.05) is 4.57 Å². The molecule has 0 amide bonds. The Balaban J connectivity index is 2.19. The lowest BCUT2D eigenvalue weighted by Gasteiger charge is -2.32. The fourth-order valence-corrected chi connectivity index (χ4v) is 2.24. The summed E-state index contributed by atoms with van der Waals surface area (Å²) >= 11 is 5.19. The Hall–Kier alpha value is -0.880. The third-order valence-corrected chi connectivity index (χ3v) is 3.24. The molecule has 0 saturated carbocycles. The SMILES string of the molecule is CCC1CN(c2n[nH]c(=S)n2CC)CCO1. The molecule has 5 nitrogen and oxygen atoms in total. The van der Waals surface area contributed by atoms with Crippen LogP contribution in [0, 0.1) is 4.77 Å². The first kappa shape index (κ1) is 11.6. The molecule has 1 aromatic heterocycles. The van der Waals surface area contributed by atoms with Crippen LogP contribution in [0.2, 0.25) is 0 Å². The van der Waals surface area contributed by atoms with Crippen molar-refractivity contribution in [1.82, 2.24) is 14.8 Å². The molecule has 1 N–H and O–H groups in total. The Labute approximate surface area is 100 Å². The molecule has 1 atom stereocenters. The maximum atomic E-state index is 5.64. The summed E-state index contributed by atoms with van der Waals surface area (Å²) in [6.07, 6.45) is 1.35. The molecule has 16 heavy (non-hydrogen) atoms. The Bertz CT molecular complexity index is 400. The van der Waals surface area contributed by atoms with Gasteiger partial charge in [0.05, 0.1) is 12.7 Å². The van der Waals surface area contributed by atoms with Crippen molar-refractivity contribution < 1.29 is 4.74 Å². The standard InChI is InChI=1S/C10H18N4OS/c1-3-8-7-13(5-6-15-8)9-11-12-10(16)14(9)4-2/h8H,3-7H2,1-2H3,(H,12,16).